The Morgan fingerprint density at radius 3 is 3.06 bits per heavy atom. The predicted molar refractivity (Wildman–Crippen MR) is 69.4 cm³/mol. The van der Waals surface area contributed by atoms with Crippen LogP contribution in [0.25, 0.3) is 0 Å². The van der Waals surface area contributed by atoms with Gasteiger partial charge in [-0.3, -0.25) is 4.79 Å². The summed E-state index contributed by atoms with van der Waals surface area (Å²) in [5.74, 6) is 0.524. The van der Waals surface area contributed by atoms with E-state index < -0.39 is 0 Å². The molecule has 0 radical (unpaired) electrons. The number of amides is 1. The maximum Gasteiger partial charge on any atom is 0.237 e. The lowest BCUT2D eigenvalue weighted by molar-refractivity contribution is -0.116. The Kier molecular flexibility index (Phi) is 4.04. The van der Waals surface area contributed by atoms with E-state index in [9.17, 15) is 4.79 Å². The summed E-state index contributed by atoms with van der Waals surface area (Å²) in [6.07, 6.45) is 0. The molecule has 1 aliphatic rings. The Morgan fingerprint density at radius 1 is 1.53 bits per heavy atom. The van der Waals surface area contributed by atoms with Crippen molar-refractivity contribution >= 4 is 23.4 Å². The van der Waals surface area contributed by atoms with Crippen LogP contribution in [0.5, 0.6) is 0 Å². The monoisotopic (exact) mass is 252 g/mol. The predicted octanol–water partition coefficient (Wildman–Crippen LogP) is 0.837. The number of nitrogens with zero attached hydrogens (tertiary/aromatic N) is 1. The molecule has 2 N–H and O–H groups in total. The second-order valence-corrected chi connectivity index (χ2v) is 4.91. The molecule has 0 atom stereocenters. The van der Waals surface area contributed by atoms with Crippen LogP contribution in [0.4, 0.5) is 5.69 Å². The summed E-state index contributed by atoms with van der Waals surface area (Å²) in [6.45, 7) is 1.14. The van der Waals surface area contributed by atoms with Gasteiger partial charge in [0.2, 0.25) is 5.91 Å². The molecule has 0 bridgehead atoms. The number of carbonyl (C=O) groups excluding carboxylic acids is 1. The summed E-state index contributed by atoms with van der Waals surface area (Å²) in [4.78, 5) is 14.6. The number of thioether (sulfide) groups is 1. The third kappa shape index (κ3) is 2.62. The van der Waals surface area contributed by atoms with E-state index in [-0.39, 0.29) is 12.5 Å². The van der Waals surface area contributed by atoms with Crippen LogP contribution >= 0.6 is 11.8 Å². The van der Waals surface area contributed by atoms with Crippen molar-refractivity contribution in [3.63, 3.8) is 0 Å². The van der Waals surface area contributed by atoms with E-state index in [4.69, 9.17) is 5.11 Å². The molecule has 2 rings (SSSR count). The van der Waals surface area contributed by atoms with Crippen molar-refractivity contribution in [2.45, 2.75) is 11.4 Å². The zero-order chi connectivity index (χ0) is 12.3. The first kappa shape index (κ1) is 12.4. The molecule has 0 aliphatic carbocycles. The Bertz CT molecular complexity index is 423. The topological polar surface area (TPSA) is 52.6 Å². The molecule has 0 unspecified atom stereocenters. The fourth-order valence-electron chi connectivity index (χ4n) is 1.91. The van der Waals surface area contributed by atoms with E-state index in [1.807, 2.05) is 19.2 Å². The molecule has 0 fully saturated rings. The summed E-state index contributed by atoms with van der Waals surface area (Å²) in [5.41, 5.74) is 2.07. The van der Waals surface area contributed by atoms with Gasteiger partial charge in [0.15, 0.2) is 0 Å². The van der Waals surface area contributed by atoms with Crippen molar-refractivity contribution < 1.29 is 9.90 Å². The zero-order valence-corrected chi connectivity index (χ0v) is 10.6. The summed E-state index contributed by atoms with van der Waals surface area (Å²) in [5, 5.41) is 12.1. The van der Waals surface area contributed by atoms with Crippen molar-refractivity contribution in [2.75, 3.05) is 30.9 Å². The first-order valence-corrected chi connectivity index (χ1v) is 6.56. The van der Waals surface area contributed by atoms with E-state index in [1.165, 1.54) is 0 Å². The van der Waals surface area contributed by atoms with Crippen molar-refractivity contribution in [1.29, 1.82) is 0 Å². The molecule has 1 aromatic rings. The lowest BCUT2D eigenvalue weighted by Gasteiger charge is -2.28. The fraction of sp³-hybridized carbons (Fsp3) is 0.417. The molecule has 0 spiro atoms. The Hall–Kier alpha value is -1.04. The van der Waals surface area contributed by atoms with Crippen molar-refractivity contribution in [3.05, 3.63) is 23.8 Å². The minimum absolute atomic E-state index is 0.00784. The maximum absolute atomic E-state index is 11.8. The normalized spacial score (nSPS) is 14.9. The highest BCUT2D eigenvalue weighted by atomic mass is 32.2. The molecule has 1 aromatic carbocycles. The number of β-amino-alcohol motifs (C(OH)–C–C–N with tert-alkyl or cyclic N) is 1. The van der Waals surface area contributed by atoms with Gasteiger partial charge >= 0.3 is 0 Å². The molecule has 1 aliphatic heterocycles. The highest BCUT2D eigenvalue weighted by molar-refractivity contribution is 8.00. The SMILES string of the molecule is CNCc1ccc2c(c1)N(CCO)C(=O)CS2. The first-order chi connectivity index (χ1) is 8.26. The molecule has 0 saturated carbocycles. The highest BCUT2D eigenvalue weighted by Crippen LogP contribution is 2.35. The summed E-state index contributed by atoms with van der Waals surface area (Å²) >= 11 is 1.56. The molecule has 4 nitrogen and oxygen atoms in total. The summed E-state index contributed by atoms with van der Waals surface area (Å²) in [6, 6.07) is 6.13. The van der Waals surface area contributed by atoms with Gasteiger partial charge in [-0.25, -0.2) is 0 Å². The lowest BCUT2D eigenvalue weighted by Crippen LogP contribution is -2.37. The van der Waals surface area contributed by atoms with Crippen molar-refractivity contribution in [3.8, 4) is 0 Å². The molecule has 1 heterocycles. The molecule has 1 amide bonds. The van der Waals surface area contributed by atoms with Crippen molar-refractivity contribution in [1.82, 2.24) is 5.32 Å². The third-order valence-corrected chi connectivity index (χ3v) is 3.72. The van der Waals surface area contributed by atoms with Crippen LogP contribution in [-0.2, 0) is 11.3 Å². The second-order valence-electron chi connectivity index (χ2n) is 3.89. The molecule has 92 valence electrons. The van der Waals surface area contributed by atoms with Gasteiger partial charge in [0.05, 0.1) is 18.0 Å². The largest absolute Gasteiger partial charge is 0.395 e. The van der Waals surface area contributed by atoms with E-state index in [2.05, 4.69) is 11.4 Å². The Labute approximate surface area is 105 Å². The van der Waals surface area contributed by atoms with E-state index in [1.54, 1.807) is 16.7 Å². The minimum atomic E-state index is -0.00784. The van der Waals surface area contributed by atoms with Crippen LogP contribution < -0.4 is 10.2 Å². The van der Waals surface area contributed by atoms with Crippen LogP contribution in [0.15, 0.2) is 23.1 Å². The number of carbonyl (C=O) groups is 1. The Balaban J connectivity index is 2.34. The summed E-state index contributed by atoms with van der Waals surface area (Å²) < 4.78 is 0. The van der Waals surface area contributed by atoms with Gasteiger partial charge in [-0.2, -0.15) is 0 Å². The number of benzene rings is 1. The fourth-order valence-corrected chi connectivity index (χ4v) is 2.82. The second kappa shape index (κ2) is 5.53. The number of aliphatic hydroxyl groups is 1. The molecular formula is C12H16N2O2S. The van der Waals surface area contributed by atoms with Gasteiger partial charge < -0.3 is 15.3 Å². The maximum atomic E-state index is 11.8. The quantitative estimate of drug-likeness (QED) is 0.833. The lowest BCUT2D eigenvalue weighted by atomic mass is 10.1. The van der Waals surface area contributed by atoms with Gasteiger partial charge in [-0.15, -0.1) is 11.8 Å². The average molecular weight is 252 g/mol. The van der Waals surface area contributed by atoms with Crippen LogP contribution in [0, 0.1) is 0 Å². The van der Waals surface area contributed by atoms with E-state index in [0.717, 1.165) is 22.7 Å². The highest BCUT2D eigenvalue weighted by Gasteiger charge is 2.24. The molecular weight excluding hydrogens is 236 g/mol. The van der Waals surface area contributed by atoms with Gasteiger partial charge in [0, 0.05) is 18.0 Å². The van der Waals surface area contributed by atoms with Gasteiger partial charge in [0.1, 0.15) is 0 Å². The van der Waals surface area contributed by atoms with Crippen LogP contribution in [0.1, 0.15) is 5.56 Å². The molecule has 17 heavy (non-hydrogen) atoms. The molecule has 5 heteroatoms. The molecule has 0 aromatic heterocycles. The Morgan fingerprint density at radius 2 is 2.35 bits per heavy atom. The van der Waals surface area contributed by atoms with Crippen LogP contribution in [0.2, 0.25) is 0 Å². The number of anilines is 1. The van der Waals surface area contributed by atoms with Crippen molar-refractivity contribution in [2.24, 2.45) is 0 Å². The van der Waals surface area contributed by atoms with Gasteiger partial charge in [-0.05, 0) is 24.7 Å². The average Bonchev–Trinajstić information content (AvgIpc) is 2.33. The molecule has 0 saturated heterocycles. The van der Waals surface area contributed by atoms with Crippen LogP contribution in [-0.4, -0.2) is 37.0 Å². The number of fused-ring (bicyclic) bond motifs is 1. The van der Waals surface area contributed by atoms with Gasteiger partial charge in [0.25, 0.3) is 0 Å². The van der Waals surface area contributed by atoms with Crippen LogP contribution in [0.3, 0.4) is 0 Å². The third-order valence-electron chi connectivity index (χ3n) is 2.67. The number of nitrogens with one attached hydrogen (secondary N) is 1. The number of hydrogen-bond donors (Lipinski definition) is 2. The van der Waals surface area contributed by atoms with E-state index in [0.29, 0.717) is 12.3 Å². The zero-order valence-electron chi connectivity index (χ0n) is 9.77. The standard InChI is InChI=1S/C12H16N2O2S/c1-13-7-9-2-3-11-10(6-9)14(4-5-15)12(16)8-17-11/h2-3,6,13,15H,4-5,7-8H2,1H3. The number of hydrogen-bond acceptors (Lipinski definition) is 4. The summed E-state index contributed by atoms with van der Waals surface area (Å²) in [7, 11) is 1.89. The minimum Gasteiger partial charge on any atom is -0.395 e. The smallest absolute Gasteiger partial charge is 0.237 e. The van der Waals surface area contributed by atoms with Gasteiger partial charge in [-0.1, -0.05) is 6.07 Å². The van der Waals surface area contributed by atoms with E-state index >= 15 is 0 Å². The first-order valence-electron chi connectivity index (χ1n) is 5.58. The number of rotatable bonds is 4. The number of aliphatic hydroxyl groups excluding tert-OH is 1.